The lowest BCUT2D eigenvalue weighted by molar-refractivity contribution is -0.118. The summed E-state index contributed by atoms with van der Waals surface area (Å²) >= 11 is 6.82. The fraction of sp³-hybridized carbons (Fsp3) is 0.176. The number of carbonyl (C=O) groups is 2. The van der Waals surface area contributed by atoms with Crippen LogP contribution < -0.4 is 10.1 Å². The molecule has 4 nitrogen and oxygen atoms in total. The lowest BCUT2D eigenvalue weighted by Gasteiger charge is -2.12. The Labute approximate surface area is 151 Å². The van der Waals surface area contributed by atoms with Crippen LogP contribution in [0.2, 0.25) is 0 Å². The fourth-order valence-electron chi connectivity index (χ4n) is 1.99. The van der Waals surface area contributed by atoms with Gasteiger partial charge in [0.15, 0.2) is 12.4 Å². The van der Waals surface area contributed by atoms with Gasteiger partial charge in [-0.3, -0.25) is 9.59 Å². The quantitative estimate of drug-likeness (QED) is 0.683. The third-order valence-electron chi connectivity index (χ3n) is 3.12. The minimum atomic E-state index is -0.269. The first-order valence-corrected chi connectivity index (χ1v) is 8.44. The van der Waals surface area contributed by atoms with E-state index in [1.165, 1.54) is 6.92 Å². The molecule has 6 heteroatoms. The number of halogens is 2. The predicted molar refractivity (Wildman–Crippen MR) is 97.2 cm³/mol. The maximum atomic E-state index is 12.0. The van der Waals surface area contributed by atoms with Gasteiger partial charge in [0, 0.05) is 15.7 Å². The van der Waals surface area contributed by atoms with E-state index in [4.69, 9.17) is 4.74 Å². The van der Waals surface area contributed by atoms with Gasteiger partial charge < -0.3 is 10.1 Å². The summed E-state index contributed by atoms with van der Waals surface area (Å²) in [5.74, 6) is 0.354. The highest BCUT2D eigenvalue weighted by Gasteiger charge is 2.10. The summed E-state index contributed by atoms with van der Waals surface area (Å²) in [6.45, 7) is 3.30. The molecule has 0 aromatic heterocycles. The number of rotatable bonds is 5. The Bertz CT molecular complexity index is 719. The number of aryl methyl sites for hydroxylation is 1. The van der Waals surface area contributed by atoms with Crippen molar-refractivity contribution in [3.63, 3.8) is 0 Å². The summed E-state index contributed by atoms with van der Waals surface area (Å²) in [7, 11) is 0. The van der Waals surface area contributed by atoms with Crippen LogP contribution in [0.4, 0.5) is 5.69 Å². The first kappa shape index (κ1) is 17.7. The Balaban J connectivity index is 1.96. The normalized spacial score (nSPS) is 10.3. The Hall–Kier alpha value is -1.66. The molecule has 0 bridgehead atoms. The highest BCUT2D eigenvalue weighted by Crippen LogP contribution is 2.32. The van der Waals surface area contributed by atoms with Crippen molar-refractivity contribution in [1.29, 1.82) is 0 Å². The minimum Gasteiger partial charge on any atom is -0.482 e. The van der Waals surface area contributed by atoms with Crippen molar-refractivity contribution in [2.75, 3.05) is 11.9 Å². The summed E-state index contributed by atoms with van der Waals surface area (Å²) in [5, 5.41) is 2.73. The van der Waals surface area contributed by atoms with Gasteiger partial charge in [0.2, 0.25) is 0 Å². The molecule has 120 valence electrons. The minimum absolute atomic E-state index is 0.0122. The van der Waals surface area contributed by atoms with Crippen molar-refractivity contribution >= 4 is 49.2 Å². The van der Waals surface area contributed by atoms with Crippen LogP contribution in [0.1, 0.15) is 22.8 Å². The molecule has 0 atom stereocenters. The van der Waals surface area contributed by atoms with E-state index in [0.29, 0.717) is 17.0 Å². The van der Waals surface area contributed by atoms with Crippen LogP contribution in [-0.2, 0) is 4.79 Å². The van der Waals surface area contributed by atoms with Crippen LogP contribution in [0.3, 0.4) is 0 Å². The summed E-state index contributed by atoms with van der Waals surface area (Å²) in [5.41, 5.74) is 2.15. The number of nitrogens with one attached hydrogen (secondary N) is 1. The molecule has 2 rings (SSSR count). The molecule has 0 saturated carbocycles. The van der Waals surface area contributed by atoms with Crippen LogP contribution in [-0.4, -0.2) is 18.3 Å². The van der Waals surface area contributed by atoms with E-state index in [2.05, 4.69) is 37.2 Å². The predicted octanol–water partition coefficient (Wildman–Crippen LogP) is 4.74. The van der Waals surface area contributed by atoms with Gasteiger partial charge >= 0.3 is 0 Å². The number of Topliss-reactive ketones (excluding diaryl/α,β-unsaturated/α-hetero) is 1. The number of amides is 1. The molecule has 0 aliphatic heterocycles. The first-order valence-electron chi connectivity index (χ1n) is 6.86. The topological polar surface area (TPSA) is 55.4 Å². The molecule has 2 aromatic rings. The molecule has 0 aliphatic carbocycles. The number of carbonyl (C=O) groups excluding carboxylic acids is 2. The maximum absolute atomic E-state index is 12.0. The van der Waals surface area contributed by atoms with E-state index in [1.54, 1.807) is 24.3 Å². The first-order chi connectivity index (χ1) is 10.9. The zero-order chi connectivity index (χ0) is 17.0. The second-order valence-corrected chi connectivity index (χ2v) is 6.77. The molecular formula is C17H15Br2NO3. The summed E-state index contributed by atoms with van der Waals surface area (Å²) in [6.07, 6.45) is 0. The van der Waals surface area contributed by atoms with E-state index in [1.807, 2.05) is 19.1 Å². The van der Waals surface area contributed by atoms with Gasteiger partial charge in [-0.1, -0.05) is 15.9 Å². The van der Waals surface area contributed by atoms with Crippen molar-refractivity contribution in [3.05, 3.63) is 56.5 Å². The van der Waals surface area contributed by atoms with Gasteiger partial charge in [-0.15, -0.1) is 0 Å². The van der Waals surface area contributed by atoms with Crippen LogP contribution >= 0.6 is 31.9 Å². The molecule has 1 N–H and O–H groups in total. The molecule has 0 fully saturated rings. The van der Waals surface area contributed by atoms with Gasteiger partial charge in [-0.05, 0) is 71.7 Å². The highest BCUT2D eigenvalue weighted by atomic mass is 79.9. The summed E-state index contributed by atoms with van der Waals surface area (Å²) in [4.78, 5) is 23.2. The van der Waals surface area contributed by atoms with Crippen LogP contribution in [0.15, 0.2) is 45.3 Å². The van der Waals surface area contributed by atoms with Crippen molar-refractivity contribution in [2.45, 2.75) is 13.8 Å². The number of ketones is 1. The number of ether oxygens (including phenoxy) is 1. The third-order valence-corrected chi connectivity index (χ3v) is 4.16. The molecule has 0 spiro atoms. The van der Waals surface area contributed by atoms with Crippen molar-refractivity contribution in [3.8, 4) is 5.75 Å². The summed E-state index contributed by atoms with van der Waals surface area (Å²) in [6, 6.07) is 10.5. The van der Waals surface area contributed by atoms with Gasteiger partial charge in [0.1, 0.15) is 5.75 Å². The molecular weight excluding hydrogens is 426 g/mol. The lowest BCUT2D eigenvalue weighted by Crippen LogP contribution is -2.20. The Morgan fingerprint density at radius 3 is 2.35 bits per heavy atom. The van der Waals surface area contributed by atoms with Gasteiger partial charge in [-0.25, -0.2) is 0 Å². The molecule has 1 amide bonds. The molecule has 0 heterocycles. The van der Waals surface area contributed by atoms with Gasteiger partial charge in [0.05, 0.1) is 4.47 Å². The SMILES string of the molecule is CC(=O)c1ccc(NC(=O)COc2c(C)cc(Br)cc2Br)cc1. The van der Waals surface area contributed by atoms with Crippen molar-refractivity contribution in [1.82, 2.24) is 0 Å². The molecule has 0 aliphatic rings. The van der Waals surface area contributed by atoms with Gasteiger partial charge in [-0.2, -0.15) is 0 Å². The molecule has 2 aromatic carbocycles. The Morgan fingerprint density at radius 1 is 1.13 bits per heavy atom. The van der Waals surface area contributed by atoms with E-state index in [-0.39, 0.29) is 18.3 Å². The van der Waals surface area contributed by atoms with Gasteiger partial charge in [0.25, 0.3) is 5.91 Å². The maximum Gasteiger partial charge on any atom is 0.262 e. The van der Waals surface area contributed by atoms with E-state index < -0.39 is 0 Å². The fourth-order valence-corrected chi connectivity index (χ4v) is 3.55. The summed E-state index contributed by atoms with van der Waals surface area (Å²) < 4.78 is 7.30. The number of hydrogen-bond acceptors (Lipinski definition) is 3. The van der Waals surface area contributed by atoms with Crippen LogP contribution in [0.5, 0.6) is 5.75 Å². The third kappa shape index (κ3) is 4.91. The molecule has 0 unspecified atom stereocenters. The standard InChI is InChI=1S/C17H15Br2NO3/c1-10-7-13(18)8-15(19)17(10)23-9-16(22)20-14-5-3-12(4-6-14)11(2)21/h3-8H,9H2,1-2H3,(H,20,22). The van der Waals surface area contributed by atoms with Crippen LogP contribution in [0.25, 0.3) is 0 Å². The van der Waals surface area contributed by atoms with Crippen molar-refractivity contribution in [2.24, 2.45) is 0 Å². The molecule has 23 heavy (non-hydrogen) atoms. The molecule has 0 saturated heterocycles. The van der Waals surface area contributed by atoms with E-state index in [0.717, 1.165) is 14.5 Å². The average molecular weight is 441 g/mol. The molecule has 0 radical (unpaired) electrons. The highest BCUT2D eigenvalue weighted by molar-refractivity contribution is 9.11. The zero-order valence-electron chi connectivity index (χ0n) is 12.7. The second kappa shape index (κ2) is 7.75. The van der Waals surface area contributed by atoms with Crippen molar-refractivity contribution < 1.29 is 14.3 Å². The number of anilines is 1. The smallest absolute Gasteiger partial charge is 0.262 e. The van der Waals surface area contributed by atoms with E-state index >= 15 is 0 Å². The Morgan fingerprint density at radius 2 is 1.78 bits per heavy atom. The zero-order valence-corrected chi connectivity index (χ0v) is 15.8. The average Bonchev–Trinajstić information content (AvgIpc) is 2.46. The number of benzene rings is 2. The van der Waals surface area contributed by atoms with E-state index in [9.17, 15) is 9.59 Å². The lowest BCUT2D eigenvalue weighted by atomic mass is 10.1. The largest absolute Gasteiger partial charge is 0.482 e. The number of hydrogen-bond donors (Lipinski definition) is 1. The second-order valence-electron chi connectivity index (χ2n) is 5.00. The van der Waals surface area contributed by atoms with Crippen LogP contribution in [0, 0.1) is 6.92 Å². The monoisotopic (exact) mass is 439 g/mol. The Kier molecular flexibility index (Phi) is 5.96.